The number of carbonyl (C=O) groups is 1. The van der Waals surface area contributed by atoms with E-state index >= 15 is 0 Å². The van der Waals surface area contributed by atoms with Crippen LogP contribution in [0.4, 0.5) is 4.39 Å². The molecule has 0 unspecified atom stereocenters. The molecule has 6 nitrogen and oxygen atoms in total. The molecule has 1 fully saturated rings. The molecule has 1 aliphatic rings. The van der Waals surface area contributed by atoms with E-state index in [2.05, 4.69) is 20.6 Å². The lowest BCUT2D eigenvalue weighted by Crippen LogP contribution is -2.45. The van der Waals surface area contributed by atoms with Gasteiger partial charge < -0.3 is 20.4 Å². The first-order chi connectivity index (χ1) is 12.2. The van der Waals surface area contributed by atoms with Gasteiger partial charge >= 0.3 is 0 Å². The van der Waals surface area contributed by atoms with Crippen LogP contribution in [-0.4, -0.2) is 42.1 Å². The SMILES string of the molecule is O=C(NCCc1cnc[nH]1)[C@H]1CNC[C@@H](COc2cccc(F)c2)C1. The van der Waals surface area contributed by atoms with Gasteiger partial charge in [-0.05, 0) is 18.6 Å². The van der Waals surface area contributed by atoms with Gasteiger partial charge in [0.15, 0.2) is 0 Å². The van der Waals surface area contributed by atoms with Crippen molar-refractivity contribution in [1.29, 1.82) is 0 Å². The maximum Gasteiger partial charge on any atom is 0.224 e. The van der Waals surface area contributed by atoms with E-state index < -0.39 is 0 Å². The van der Waals surface area contributed by atoms with Crippen molar-refractivity contribution in [3.63, 3.8) is 0 Å². The van der Waals surface area contributed by atoms with E-state index in [1.54, 1.807) is 24.7 Å². The number of aromatic nitrogens is 2. The van der Waals surface area contributed by atoms with Crippen LogP contribution >= 0.6 is 0 Å². The summed E-state index contributed by atoms with van der Waals surface area (Å²) in [7, 11) is 0. The molecule has 0 radical (unpaired) electrons. The topological polar surface area (TPSA) is 79.0 Å². The van der Waals surface area contributed by atoms with Gasteiger partial charge in [-0.25, -0.2) is 9.37 Å². The number of imidazole rings is 1. The molecule has 7 heteroatoms. The van der Waals surface area contributed by atoms with Crippen LogP contribution in [0.3, 0.4) is 0 Å². The van der Waals surface area contributed by atoms with E-state index in [1.165, 1.54) is 12.1 Å². The maximum absolute atomic E-state index is 13.2. The number of hydrogen-bond acceptors (Lipinski definition) is 4. The number of piperidine rings is 1. The number of halogens is 1. The molecule has 134 valence electrons. The number of carbonyl (C=O) groups excluding carboxylic acids is 1. The molecule has 1 aliphatic heterocycles. The average molecular weight is 346 g/mol. The standard InChI is InChI=1S/C18H23FN4O2/c19-15-2-1-3-17(7-15)25-11-13-6-14(9-20-8-13)18(24)22-5-4-16-10-21-12-23-16/h1-3,7,10,12-14,20H,4-6,8-9,11H2,(H,21,23)(H,22,24)/t13-,14+/m0/s1. The van der Waals surface area contributed by atoms with Gasteiger partial charge in [-0.3, -0.25) is 4.79 Å². The summed E-state index contributed by atoms with van der Waals surface area (Å²) in [6, 6.07) is 6.12. The van der Waals surface area contributed by atoms with Gasteiger partial charge in [0.25, 0.3) is 0 Å². The minimum Gasteiger partial charge on any atom is -0.493 e. The van der Waals surface area contributed by atoms with E-state index in [1.807, 2.05) is 0 Å². The fraction of sp³-hybridized carbons (Fsp3) is 0.444. The fourth-order valence-corrected chi connectivity index (χ4v) is 3.01. The first-order valence-electron chi connectivity index (χ1n) is 8.55. The Balaban J connectivity index is 1.41. The lowest BCUT2D eigenvalue weighted by atomic mass is 9.90. The molecule has 2 heterocycles. The van der Waals surface area contributed by atoms with Crippen LogP contribution in [0, 0.1) is 17.7 Å². The van der Waals surface area contributed by atoms with Crippen LogP contribution < -0.4 is 15.4 Å². The van der Waals surface area contributed by atoms with E-state index in [4.69, 9.17) is 4.74 Å². The minimum absolute atomic E-state index is 0.0578. The molecule has 0 aliphatic carbocycles. The van der Waals surface area contributed by atoms with Crippen molar-refractivity contribution < 1.29 is 13.9 Å². The normalized spacial score (nSPS) is 20.2. The minimum atomic E-state index is -0.311. The lowest BCUT2D eigenvalue weighted by Gasteiger charge is -2.29. The molecule has 3 rings (SSSR count). The smallest absolute Gasteiger partial charge is 0.224 e. The van der Waals surface area contributed by atoms with Gasteiger partial charge in [-0.1, -0.05) is 6.07 Å². The van der Waals surface area contributed by atoms with Crippen molar-refractivity contribution >= 4 is 5.91 Å². The third kappa shape index (κ3) is 5.29. The van der Waals surface area contributed by atoms with Crippen LogP contribution in [0.2, 0.25) is 0 Å². The van der Waals surface area contributed by atoms with Gasteiger partial charge in [0, 0.05) is 49.9 Å². The number of rotatable bonds is 7. The Morgan fingerprint density at radius 2 is 2.32 bits per heavy atom. The van der Waals surface area contributed by atoms with Gasteiger partial charge in [0.05, 0.1) is 18.9 Å². The largest absolute Gasteiger partial charge is 0.493 e. The zero-order valence-corrected chi connectivity index (χ0v) is 14.0. The summed E-state index contributed by atoms with van der Waals surface area (Å²) in [5, 5.41) is 6.26. The molecule has 3 N–H and O–H groups in total. The summed E-state index contributed by atoms with van der Waals surface area (Å²) in [6.07, 6.45) is 4.88. The van der Waals surface area contributed by atoms with Crippen molar-refractivity contribution in [2.45, 2.75) is 12.8 Å². The molecule has 1 aromatic heterocycles. The molecule has 25 heavy (non-hydrogen) atoms. The number of amides is 1. The zero-order valence-electron chi connectivity index (χ0n) is 14.0. The third-order valence-corrected chi connectivity index (χ3v) is 4.34. The predicted molar refractivity (Wildman–Crippen MR) is 91.7 cm³/mol. The van der Waals surface area contributed by atoms with E-state index in [9.17, 15) is 9.18 Å². The lowest BCUT2D eigenvalue weighted by molar-refractivity contribution is -0.126. The van der Waals surface area contributed by atoms with Crippen molar-refractivity contribution in [3.8, 4) is 5.75 Å². The number of ether oxygens (including phenoxy) is 1. The average Bonchev–Trinajstić information content (AvgIpc) is 3.14. The van der Waals surface area contributed by atoms with E-state index in [-0.39, 0.29) is 23.6 Å². The molecular weight excluding hydrogens is 323 g/mol. The summed E-state index contributed by atoms with van der Waals surface area (Å²) in [5.41, 5.74) is 1.00. The van der Waals surface area contributed by atoms with Crippen LogP contribution in [0.5, 0.6) is 5.75 Å². The highest BCUT2D eigenvalue weighted by Gasteiger charge is 2.27. The number of hydrogen-bond donors (Lipinski definition) is 3. The van der Waals surface area contributed by atoms with Crippen LogP contribution in [0.25, 0.3) is 0 Å². The molecule has 2 aromatic rings. The molecule has 2 atom stereocenters. The fourth-order valence-electron chi connectivity index (χ4n) is 3.01. The predicted octanol–water partition coefficient (Wildman–Crippen LogP) is 1.51. The first-order valence-corrected chi connectivity index (χ1v) is 8.55. The van der Waals surface area contributed by atoms with Crippen LogP contribution in [-0.2, 0) is 11.2 Å². The van der Waals surface area contributed by atoms with Gasteiger partial charge in [-0.15, -0.1) is 0 Å². The molecule has 1 amide bonds. The Morgan fingerprint density at radius 1 is 1.40 bits per heavy atom. The molecule has 0 bridgehead atoms. The van der Waals surface area contributed by atoms with Crippen molar-refractivity contribution in [3.05, 3.63) is 48.3 Å². The van der Waals surface area contributed by atoms with Gasteiger partial charge in [0.2, 0.25) is 5.91 Å². The number of nitrogens with zero attached hydrogens (tertiary/aromatic N) is 1. The molecule has 0 spiro atoms. The van der Waals surface area contributed by atoms with Crippen molar-refractivity contribution in [1.82, 2.24) is 20.6 Å². The monoisotopic (exact) mass is 346 g/mol. The van der Waals surface area contributed by atoms with Gasteiger partial charge in [0.1, 0.15) is 11.6 Å². The summed E-state index contributed by atoms with van der Waals surface area (Å²) in [4.78, 5) is 19.3. The van der Waals surface area contributed by atoms with Crippen molar-refractivity contribution in [2.24, 2.45) is 11.8 Å². The summed E-state index contributed by atoms with van der Waals surface area (Å²) < 4.78 is 18.8. The molecule has 1 saturated heterocycles. The Morgan fingerprint density at radius 3 is 3.12 bits per heavy atom. The van der Waals surface area contributed by atoms with Crippen molar-refractivity contribution in [2.75, 3.05) is 26.2 Å². The highest BCUT2D eigenvalue weighted by Crippen LogP contribution is 2.19. The van der Waals surface area contributed by atoms with Crippen LogP contribution in [0.1, 0.15) is 12.1 Å². The Bertz CT molecular complexity index is 677. The molecule has 0 saturated carbocycles. The summed E-state index contributed by atoms with van der Waals surface area (Å²) in [5.74, 6) is 0.416. The number of aromatic amines is 1. The second-order valence-corrected chi connectivity index (χ2v) is 6.34. The Kier molecular flexibility index (Phi) is 6.00. The summed E-state index contributed by atoms with van der Waals surface area (Å²) in [6.45, 7) is 2.52. The second kappa shape index (κ2) is 8.62. The maximum atomic E-state index is 13.2. The molecular formula is C18H23FN4O2. The number of benzene rings is 1. The third-order valence-electron chi connectivity index (χ3n) is 4.34. The Labute approximate surface area is 146 Å². The highest BCUT2D eigenvalue weighted by atomic mass is 19.1. The first kappa shape index (κ1) is 17.4. The number of nitrogens with one attached hydrogen (secondary N) is 3. The quantitative estimate of drug-likeness (QED) is 0.710. The van der Waals surface area contributed by atoms with E-state index in [0.29, 0.717) is 25.4 Å². The molecule has 1 aromatic carbocycles. The Hall–Kier alpha value is -2.41. The van der Waals surface area contributed by atoms with Crippen LogP contribution in [0.15, 0.2) is 36.8 Å². The van der Waals surface area contributed by atoms with E-state index in [0.717, 1.165) is 25.1 Å². The highest BCUT2D eigenvalue weighted by molar-refractivity contribution is 5.79. The zero-order chi connectivity index (χ0) is 17.5. The van der Waals surface area contributed by atoms with Gasteiger partial charge in [-0.2, -0.15) is 0 Å². The summed E-state index contributed by atoms with van der Waals surface area (Å²) >= 11 is 0. The second-order valence-electron chi connectivity index (χ2n) is 6.34. The number of H-pyrrole nitrogens is 1.